The van der Waals surface area contributed by atoms with Crippen molar-refractivity contribution in [2.24, 2.45) is 0 Å². The molecule has 0 aliphatic rings. The van der Waals surface area contributed by atoms with E-state index in [0.29, 0.717) is 6.54 Å². The lowest BCUT2D eigenvalue weighted by atomic mass is 10.1. The van der Waals surface area contributed by atoms with Gasteiger partial charge in [-0.25, -0.2) is 4.98 Å². The van der Waals surface area contributed by atoms with Gasteiger partial charge in [0, 0.05) is 12.5 Å². The normalized spacial score (nSPS) is 10.7. The second-order valence-electron chi connectivity index (χ2n) is 4.87. The summed E-state index contributed by atoms with van der Waals surface area (Å²) in [6, 6.07) is 8.01. The maximum absolute atomic E-state index is 11.9. The molecule has 0 radical (unpaired) electrons. The summed E-state index contributed by atoms with van der Waals surface area (Å²) in [7, 11) is 0. The van der Waals surface area contributed by atoms with E-state index in [2.05, 4.69) is 20.5 Å². The first-order valence-corrected chi connectivity index (χ1v) is 6.32. The predicted octanol–water partition coefficient (Wildman–Crippen LogP) is 2.17. The SMILES string of the molecule is Cc1cccc(CNC(=O)c2n[nH]c(C(C)C)n2)c1. The molecule has 2 rings (SSSR count). The van der Waals surface area contributed by atoms with E-state index in [-0.39, 0.29) is 17.6 Å². The number of carbonyl (C=O) groups is 1. The standard InChI is InChI=1S/C14H18N4O/c1-9(2)12-16-13(18-17-12)14(19)15-8-11-6-4-5-10(3)7-11/h4-7,9H,8H2,1-3H3,(H,15,19)(H,16,17,18). The number of carbonyl (C=O) groups excluding carboxylic acids is 1. The topological polar surface area (TPSA) is 70.7 Å². The number of nitrogens with zero attached hydrogens (tertiary/aromatic N) is 2. The second-order valence-corrected chi connectivity index (χ2v) is 4.87. The van der Waals surface area contributed by atoms with E-state index in [9.17, 15) is 4.79 Å². The fourth-order valence-electron chi connectivity index (χ4n) is 1.72. The highest BCUT2D eigenvalue weighted by atomic mass is 16.2. The first kappa shape index (κ1) is 13.3. The average Bonchev–Trinajstić information content (AvgIpc) is 2.86. The number of aryl methyl sites for hydroxylation is 1. The van der Waals surface area contributed by atoms with Crippen LogP contribution in [0.2, 0.25) is 0 Å². The third-order valence-corrected chi connectivity index (χ3v) is 2.79. The lowest BCUT2D eigenvalue weighted by Gasteiger charge is -2.03. The Bertz CT molecular complexity index is 574. The van der Waals surface area contributed by atoms with Gasteiger partial charge in [-0.15, -0.1) is 5.10 Å². The number of aromatic amines is 1. The van der Waals surface area contributed by atoms with Crippen molar-refractivity contribution in [3.05, 3.63) is 47.0 Å². The van der Waals surface area contributed by atoms with Gasteiger partial charge in [-0.2, -0.15) is 0 Å². The zero-order valence-corrected chi connectivity index (χ0v) is 11.4. The van der Waals surface area contributed by atoms with Gasteiger partial charge in [0.15, 0.2) is 0 Å². The molecule has 5 heteroatoms. The van der Waals surface area contributed by atoms with Gasteiger partial charge < -0.3 is 5.32 Å². The lowest BCUT2D eigenvalue weighted by molar-refractivity contribution is 0.0941. The summed E-state index contributed by atoms with van der Waals surface area (Å²) in [5.74, 6) is 0.882. The van der Waals surface area contributed by atoms with Gasteiger partial charge in [-0.1, -0.05) is 43.7 Å². The van der Waals surface area contributed by atoms with Crippen molar-refractivity contribution >= 4 is 5.91 Å². The molecular weight excluding hydrogens is 240 g/mol. The third-order valence-electron chi connectivity index (χ3n) is 2.79. The highest BCUT2D eigenvalue weighted by Crippen LogP contribution is 2.08. The molecule has 0 saturated carbocycles. The van der Waals surface area contributed by atoms with Crippen LogP contribution >= 0.6 is 0 Å². The second kappa shape index (κ2) is 5.65. The van der Waals surface area contributed by atoms with Gasteiger partial charge in [-0.05, 0) is 12.5 Å². The minimum Gasteiger partial charge on any atom is -0.345 e. The van der Waals surface area contributed by atoms with Crippen LogP contribution in [0.5, 0.6) is 0 Å². The lowest BCUT2D eigenvalue weighted by Crippen LogP contribution is -2.24. The highest BCUT2D eigenvalue weighted by molar-refractivity contribution is 5.90. The summed E-state index contributed by atoms with van der Waals surface area (Å²) in [4.78, 5) is 16.0. The Morgan fingerprint density at radius 1 is 1.42 bits per heavy atom. The molecule has 0 atom stereocenters. The summed E-state index contributed by atoms with van der Waals surface area (Å²) in [5, 5.41) is 9.50. The Morgan fingerprint density at radius 2 is 2.21 bits per heavy atom. The van der Waals surface area contributed by atoms with E-state index in [0.717, 1.165) is 11.4 Å². The molecule has 1 aromatic carbocycles. The molecule has 0 spiro atoms. The van der Waals surface area contributed by atoms with Crippen LogP contribution in [0.3, 0.4) is 0 Å². The summed E-state index contributed by atoms with van der Waals surface area (Å²) in [6.45, 7) is 6.49. The van der Waals surface area contributed by atoms with Crippen LogP contribution in [0.1, 0.15) is 47.3 Å². The summed E-state index contributed by atoms with van der Waals surface area (Å²) in [6.07, 6.45) is 0. The summed E-state index contributed by atoms with van der Waals surface area (Å²) in [5.41, 5.74) is 2.24. The molecule has 100 valence electrons. The van der Waals surface area contributed by atoms with E-state index in [4.69, 9.17) is 0 Å². The number of nitrogens with one attached hydrogen (secondary N) is 2. The fourth-order valence-corrected chi connectivity index (χ4v) is 1.72. The fraction of sp³-hybridized carbons (Fsp3) is 0.357. The van der Waals surface area contributed by atoms with Crippen molar-refractivity contribution in [2.45, 2.75) is 33.2 Å². The Morgan fingerprint density at radius 3 is 2.84 bits per heavy atom. The van der Waals surface area contributed by atoms with Crippen molar-refractivity contribution in [1.29, 1.82) is 0 Å². The zero-order valence-electron chi connectivity index (χ0n) is 11.4. The van der Waals surface area contributed by atoms with E-state index in [1.54, 1.807) is 0 Å². The molecule has 1 amide bonds. The smallest absolute Gasteiger partial charge is 0.291 e. The van der Waals surface area contributed by atoms with Crippen LogP contribution in [-0.2, 0) is 6.54 Å². The molecular formula is C14H18N4O. The number of rotatable bonds is 4. The van der Waals surface area contributed by atoms with Gasteiger partial charge in [0.05, 0.1) is 0 Å². The Balaban J connectivity index is 1.97. The third kappa shape index (κ3) is 3.40. The Labute approximate surface area is 112 Å². The van der Waals surface area contributed by atoms with E-state index in [1.807, 2.05) is 45.0 Å². The maximum Gasteiger partial charge on any atom is 0.291 e. The molecule has 2 N–H and O–H groups in total. The number of aromatic nitrogens is 3. The molecule has 1 heterocycles. The maximum atomic E-state index is 11.9. The van der Waals surface area contributed by atoms with E-state index in [1.165, 1.54) is 5.56 Å². The van der Waals surface area contributed by atoms with Gasteiger partial charge in [0.1, 0.15) is 5.82 Å². The molecule has 0 bridgehead atoms. The first-order valence-electron chi connectivity index (χ1n) is 6.32. The Kier molecular flexibility index (Phi) is 3.94. The largest absolute Gasteiger partial charge is 0.345 e. The predicted molar refractivity (Wildman–Crippen MR) is 72.8 cm³/mol. The molecule has 0 aliphatic carbocycles. The summed E-state index contributed by atoms with van der Waals surface area (Å²) >= 11 is 0. The van der Waals surface area contributed by atoms with Gasteiger partial charge in [-0.3, -0.25) is 9.89 Å². The highest BCUT2D eigenvalue weighted by Gasteiger charge is 2.13. The number of hydrogen-bond acceptors (Lipinski definition) is 3. The van der Waals surface area contributed by atoms with Gasteiger partial charge in [0.2, 0.25) is 5.82 Å². The van der Waals surface area contributed by atoms with Crippen molar-refractivity contribution in [3.63, 3.8) is 0 Å². The molecule has 0 unspecified atom stereocenters. The number of amides is 1. The van der Waals surface area contributed by atoms with E-state index < -0.39 is 0 Å². The molecule has 5 nitrogen and oxygen atoms in total. The van der Waals surface area contributed by atoms with Crippen LogP contribution < -0.4 is 5.32 Å². The molecule has 0 fully saturated rings. The Hall–Kier alpha value is -2.17. The average molecular weight is 258 g/mol. The van der Waals surface area contributed by atoms with Crippen LogP contribution in [0.15, 0.2) is 24.3 Å². The number of hydrogen-bond donors (Lipinski definition) is 2. The van der Waals surface area contributed by atoms with Gasteiger partial charge >= 0.3 is 0 Å². The minimum atomic E-state index is -0.260. The van der Waals surface area contributed by atoms with Crippen LogP contribution in [0.25, 0.3) is 0 Å². The molecule has 1 aromatic heterocycles. The monoisotopic (exact) mass is 258 g/mol. The van der Waals surface area contributed by atoms with Crippen molar-refractivity contribution in [3.8, 4) is 0 Å². The molecule has 0 saturated heterocycles. The molecule has 0 aliphatic heterocycles. The van der Waals surface area contributed by atoms with Crippen molar-refractivity contribution < 1.29 is 4.79 Å². The minimum absolute atomic E-state index is 0.191. The van der Waals surface area contributed by atoms with E-state index >= 15 is 0 Å². The van der Waals surface area contributed by atoms with Crippen molar-refractivity contribution in [1.82, 2.24) is 20.5 Å². The van der Waals surface area contributed by atoms with Crippen LogP contribution in [0.4, 0.5) is 0 Å². The first-order chi connectivity index (χ1) is 9.06. The van der Waals surface area contributed by atoms with Crippen molar-refractivity contribution in [2.75, 3.05) is 0 Å². The zero-order chi connectivity index (χ0) is 13.8. The van der Waals surface area contributed by atoms with Crippen LogP contribution in [0, 0.1) is 6.92 Å². The number of benzene rings is 1. The van der Waals surface area contributed by atoms with Crippen LogP contribution in [-0.4, -0.2) is 21.1 Å². The van der Waals surface area contributed by atoms with Gasteiger partial charge in [0.25, 0.3) is 5.91 Å². The number of H-pyrrole nitrogens is 1. The quantitative estimate of drug-likeness (QED) is 0.883. The molecule has 19 heavy (non-hydrogen) atoms. The molecule has 2 aromatic rings. The summed E-state index contributed by atoms with van der Waals surface area (Å²) < 4.78 is 0.